The third-order valence-electron chi connectivity index (χ3n) is 2.90. The molecule has 0 heterocycles. The van der Waals surface area contributed by atoms with Gasteiger partial charge in [0.2, 0.25) is 0 Å². The van der Waals surface area contributed by atoms with Crippen LogP contribution in [-0.2, 0) is 0 Å². The molecule has 0 amide bonds. The van der Waals surface area contributed by atoms with Gasteiger partial charge in [0.05, 0.1) is 6.04 Å². The Hall–Kier alpha value is -1.38. The van der Waals surface area contributed by atoms with Crippen LogP contribution >= 0.6 is 11.6 Å². The molecule has 0 aliphatic heterocycles. The first-order valence-electron chi connectivity index (χ1n) is 5.80. The molecule has 3 heteroatoms. The predicted octanol–water partition coefficient (Wildman–Crippen LogP) is 4.10. The molecule has 0 spiro atoms. The van der Waals surface area contributed by atoms with Gasteiger partial charge in [-0.15, -0.1) is 0 Å². The number of halogens is 2. The van der Waals surface area contributed by atoms with Crippen LogP contribution < -0.4 is 5.32 Å². The van der Waals surface area contributed by atoms with Gasteiger partial charge in [-0.1, -0.05) is 35.9 Å². The summed E-state index contributed by atoms with van der Waals surface area (Å²) >= 11 is 6.19. The zero-order valence-electron chi connectivity index (χ0n) is 10.4. The molecule has 0 saturated carbocycles. The Labute approximate surface area is 112 Å². The maximum absolute atomic E-state index is 13.5. The van der Waals surface area contributed by atoms with Gasteiger partial charge >= 0.3 is 0 Å². The summed E-state index contributed by atoms with van der Waals surface area (Å²) in [5, 5.41) is 3.86. The standard InChI is InChI=1S/C15H15ClFN/c1-10-7-11(9-12(17)8-10)15(18-2)13-5-3-4-6-14(13)16/h3-9,15,18H,1-2H3. The van der Waals surface area contributed by atoms with E-state index in [1.54, 1.807) is 0 Å². The summed E-state index contributed by atoms with van der Waals surface area (Å²) in [5.74, 6) is -0.225. The highest BCUT2D eigenvalue weighted by molar-refractivity contribution is 6.31. The van der Waals surface area contributed by atoms with E-state index in [0.29, 0.717) is 5.02 Å². The Bertz CT molecular complexity index is 534. The molecule has 0 fully saturated rings. The number of benzene rings is 2. The van der Waals surface area contributed by atoms with Gasteiger partial charge in [0, 0.05) is 5.02 Å². The molecule has 1 atom stereocenters. The molecule has 1 N–H and O–H groups in total. The van der Waals surface area contributed by atoms with Gasteiger partial charge in [-0.3, -0.25) is 0 Å². The number of hydrogen-bond donors (Lipinski definition) is 1. The van der Waals surface area contributed by atoms with Crippen molar-refractivity contribution in [2.75, 3.05) is 7.05 Å². The lowest BCUT2D eigenvalue weighted by atomic mass is 9.97. The zero-order chi connectivity index (χ0) is 13.1. The molecule has 0 aromatic heterocycles. The number of nitrogens with one attached hydrogen (secondary N) is 1. The second kappa shape index (κ2) is 5.51. The summed E-state index contributed by atoms with van der Waals surface area (Å²) < 4.78 is 13.5. The van der Waals surface area contributed by atoms with Crippen LogP contribution in [0.3, 0.4) is 0 Å². The molecule has 0 saturated heterocycles. The molecule has 1 unspecified atom stereocenters. The van der Waals surface area contributed by atoms with Crippen molar-refractivity contribution in [3.8, 4) is 0 Å². The molecule has 0 bridgehead atoms. The normalized spacial score (nSPS) is 12.4. The van der Waals surface area contributed by atoms with Crippen LogP contribution in [0.5, 0.6) is 0 Å². The minimum Gasteiger partial charge on any atom is -0.309 e. The van der Waals surface area contributed by atoms with E-state index >= 15 is 0 Å². The van der Waals surface area contributed by atoms with Crippen molar-refractivity contribution in [2.45, 2.75) is 13.0 Å². The topological polar surface area (TPSA) is 12.0 Å². The molecule has 18 heavy (non-hydrogen) atoms. The average molecular weight is 264 g/mol. The lowest BCUT2D eigenvalue weighted by Gasteiger charge is -2.19. The van der Waals surface area contributed by atoms with Crippen LogP contribution in [0.4, 0.5) is 4.39 Å². The quantitative estimate of drug-likeness (QED) is 0.879. The fourth-order valence-electron chi connectivity index (χ4n) is 2.14. The van der Waals surface area contributed by atoms with Gasteiger partial charge in [0.15, 0.2) is 0 Å². The first kappa shape index (κ1) is 13.1. The maximum atomic E-state index is 13.5. The molecule has 0 aliphatic carbocycles. The van der Waals surface area contributed by atoms with E-state index in [4.69, 9.17) is 11.6 Å². The molecule has 2 aromatic rings. The Kier molecular flexibility index (Phi) is 4.00. The molecule has 2 rings (SSSR count). The minimum absolute atomic E-state index is 0.104. The van der Waals surface area contributed by atoms with Crippen molar-refractivity contribution in [1.29, 1.82) is 0 Å². The van der Waals surface area contributed by atoms with Crippen LogP contribution in [0.25, 0.3) is 0 Å². The lowest BCUT2D eigenvalue weighted by Crippen LogP contribution is -2.18. The van der Waals surface area contributed by atoms with Crippen LogP contribution in [0.2, 0.25) is 5.02 Å². The Morgan fingerprint density at radius 3 is 2.50 bits per heavy atom. The smallest absolute Gasteiger partial charge is 0.123 e. The monoisotopic (exact) mass is 263 g/mol. The Balaban J connectivity index is 2.48. The van der Waals surface area contributed by atoms with E-state index in [-0.39, 0.29) is 11.9 Å². The highest BCUT2D eigenvalue weighted by Crippen LogP contribution is 2.28. The first-order chi connectivity index (χ1) is 8.61. The summed E-state index contributed by atoms with van der Waals surface area (Å²) in [6.45, 7) is 1.88. The molecule has 1 nitrogen and oxygen atoms in total. The van der Waals surface area contributed by atoms with Gasteiger partial charge in [-0.2, -0.15) is 0 Å². The number of aryl methyl sites for hydroxylation is 1. The van der Waals surface area contributed by atoms with Crippen LogP contribution in [0.1, 0.15) is 22.7 Å². The molecular formula is C15H15ClFN. The SMILES string of the molecule is CNC(c1cc(C)cc(F)c1)c1ccccc1Cl. The van der Waals surface area contributed by atoms with Crippen molar-refractivity contribution < 1.29 is 4.39 Å². The van der Waals surface area contributed by atoms with Crippen molar-refractivity contribution in [3.05, 3.63) is 70.0 Å². The summed E-state index contributed by atoms with van der Waals surface area (Å²) in [5.41, 5.74) is 2.73. The Morgan fingerprint density at radius 1 is 1.17 bits per heavy atom. The zero-order valence-corrected chi connectivity index (χ0v) is 11.1. The predicted molar refractivity (Wildman–Crippen MR) is 73.5 cm³/mol. The fraction of sp³-hybridized carbons (Fsp3) is 0.200. The molecule has 0 aliphatic rings. The van der Waals surface area contributed by atoms with E-state index in [0.717, 1.165) is 16.7 Å². The fourth-order valence-corrected chi connectivity index (χ4v) is 2.39. The lowest BCUT2D eigenvalue weighted by molar-refractivity contribution is 0.615. The van der Waals surface area contributed by atoms with E-state index in [1.165, 1.54) is 12.1 Å². The second-order valence-corrected chi connectivity index (χ2v) is 4.71. The van der Waals surface area contributed by atoms with Crippen LogP contribution in [0.15, 0.2) is 42.5 Å². The van der Waals surface area contributed by atoms with E-state index < -0.39 is 0 Å². The summed E-state index contributed by atoms with van der Waals surface area (Å²) in [6, 6.07) is 12.5. The average Bonchev–Trinajstić information content (AvgIpc) is 2.31. The molecule has 0 radical (unpaired) electrons. The van der Waals surface area contributed by atoms with E-state index in [1.807, 2.05) is 44.3 Å². The Morgan fingerprint density at radius 2 is 1.89 bits per heavy atom. The molecule has 94 valence electrons. The third-order valence-corrected chi connectivity index (χ3v) is 3.25. The van der Waals surface area contributed by atoms with Crippen molar-refractivity contribution in [3.63, 3.8) is 0 Å². The van der Waals surface area contributed by atoms with Gasteiger partial charge in [0.1, 0.15) is 5.82 Å². The third kappa shape index (κ3) is 2.71. The minimum atomic E-state index is -0.225. The van der Waals surface area contributed by atoms with Crippen molar-refractivity contribution >= 4 is 11.6 Å². The van der Waals surface area contributed by atoms with Crippen molar-refractivity contribution in [1.82, 2.24) is 5.32 Å². The van der Waals surface area contributed by atoms with Gasteiger partial charge in [-0.25, -0.2) is 4.39 Å². The second-order valence-electron chi connectivity index (χ2n) is 4.31. The van der Waals surface area contributed by atoms with Gasteiger partial charge in [-0.05, 0) is 48.9 Å². The number of hydrogen-bond acceptors (Lipinski definition) is 1. The van der Waals surface area contributed by atoms with Gasteiger partial charge < -0.3 is 5.32 Å². The van der Waals surface area contributed by atoms with Crippen LogP contribution in [-0.4, -0.2) is 7.05 Å². The summed E-state index contributed by atoms with van der Waals surface area (Å²) in [4.78, 5) is 0. The van der Waals surface area contributed by atoms with E-state index in [9.17, 15) is 4.39 Å². The summed E-state index contributed by atoms with van der Waals surface area (Å²) in [6.07, 6.45) is 0. The van der Waals surface area contributed by atoms with Crippen LogP contribution in [0, 0.1) is 12.7 Å². The first-order valence-corrected chi connectivity index (χ1v) is 6.18. The largest absolute Gasteiger partial charge is 0.309 e. The summed E-state index contributed by atoms with van der Waals surface area (Å²) in [7, 11) is 1.84. The van der Waals surface area contributed by atoms with Gasteiger partial charge in [0.25, 0.3) is 0 Å². The van der Waals surface area contributed by atoms with Crippen molar-refractivity contribution in [2.24, 2.45) is 0 Å². The molecular weight excluding hydrogens is 249 g/mol. The highest BCUT2D eigenvalue weighted by Gasteiger charge is 2.15. The highest BCUT2D eigenvalue weighted by atomic mass is 35.5. The number of rotatable bonds is 3. The van der Waals surface area contributed by atoms with E-state index in [2.05, 4.69) is 5.32 Å². The molecule has 2 aromatic carbocycles. The maximum Gasteiger partial charge on any atom is 0.123 e.